The van der Waals surface area contributed by atoms with Crippen molar-refractivity contribution in [2.24, 2.45) is 0 Å². The van der Waals surface area contributed by atoms with Gasteiger partial charge in [0.25, 0.3) is 0 Å². The molecule has 0 radical (unpaired) electrons. The Hall–Kier alpha value is -0.520. The van der Waals surface area contributed by atoms with Crippen molar-refractivity contribution in [3.05, 3.63) is 0 Å². The zero-order valence-electron chi connectivity index (χ0n) is 7.89. The number of hydrogen-bond donors (Lipinski definition) is 1. The van der Waals surface area contributed by atoms with Crippen molar-refractivity contribution in [3.8, 4) is 12.3 Å². The Morgan fingerprint density at radius 2 is 2.50 bits per heavy atom. The van der Waals surface area contributed by atoms with Gasteiger partial charge in [0, 0.05) is 6.61 Å². The van der Waals surface area contributed by atoms with Crippen LogP contribution in [0.15, 0.2) is 0 Å². The van der Waals surface area contributed by atoms with Gasteiger partial charge in [-0.15, -0.1) is 6.42 Å². The highest BCUT2D eigenvalue weighted by atomic mass is 16.5. The summed E-state index contributed by atoms with van der Waals surface area (Å²) in [4.78, 5) is 0. The molecule has 1 fully saturated rings. The van der Waals surface area contributed by atoms with Gasteiger partial charge in [0.1, 0.15) is 0 Å². The normalized spacial score (nSPS) is 31.4. The number of hydrogen-bond acceptors (Lipinski definition) is 2. The molecule has 1 heterocycles. The van der Waals surface area contributed by atoms with Crippen LogP contribution in [0.25, 0.3) is 0 Å². The second-order valence-corrected chi connectivity index (χ2v) is 3.42. The van der Waals surface area contributed by atoms with Crippen molar-refractivity contribution in [1.29, 1.82) is 0 Å². The summed E-state index contributed by atoms with van der Waals surface area (Å²) >= 11 is 0. The van der Waals surface area contributed by atoms with E-state index in [4.69, 9.17) is 11.2 Å². The molecule has 1 aliphatic heterocycles. The van der Waals surface area contributed by atoms with E-state index in [0.717, 1.165) is 26.0 Å². The summed E-state index contributed by atoms with van der Waals surface area (Å²) < 4.78 is 5.64. The van der Waals surface area contributed by atoms with Gasteiger partial charge in [-0.3, -0.25) is 0 Å². The second kappa shape index (κ2) is 3.93. The molecule has 2 unspecified atom stereocenters. The van der Waals surface area contributed by atoms with E-state index in [-0.39, 0.29) is 11.6 Å². The van der Waals surface area contributed by atoms with E-state index in [9.17, 15) is 0 Å². The van der Waals surface area contributed by atoms with E-state index in [0.29, 0.717) is 0 Å². The van der Waals surface area contributed by atoms with Crippen LogP contribution in [0, 0.1) is 12.3 Å². The first-order valence-electron chi connectivity index (χ1n) is 4.56. The minimum Gasteiger partial charge on any atom is -0.373 e. The van der Waals surface area contributed by atoms with Crippen LogP contribution in [0.2, 0.25) is 0 Å². The third-order valence-corrected chi connectivity index (χ3v) is 2.43. The summed E-state index contributed by atoms with van der Waals surface area (Å²) in [7, 11) is 0. The molecule has 0 bridgehead atoms. The minimum absolute atomic E-state index is 0.0602. The van der Waals surface area contributed by atoms with Crippen LogP contribution in [-0.4, -0.2) is 24.8 Å². The first-order valence-corrected chi connectivity index (χ1v) is 4.56. The molecular weight excluding hydrogens is 150 g/mol. The Labute approximate surface area is 74.7 Å². The van der Waals surface area contributed by atoms with Crippen molar-refractivity contribution in [2.75, 3.05) is 13.2 Å². The Morgan fingerprint density at radius 1 is 1.75 bits per heavy atom. The van der Waals surface area contributed by atoms with Crippen LogP contribution in [0.1, 0.15) is 26.7 Å². The molecule has 2 nitrogen and oxygen atoms in total. The fourth-order valence-corrected chi connectivity index (χ4v) is 1.68. The van der Waals surface area contributed by atoms with E-state index < -0.39 is 0 Å². The molecule has 68 valence electrons. The van der Waals surface area contributed by atoms with Gasteiger partial charge >= 0.3 is 0 Å². The Kier molecular flexibility index (Phi) is 3.13. The largest absolute Gasteiger partial charge is 0.373 e. The standard InChI is InChI=1S/C10H17NO/c1-4-9(11-5-2)10(3)7-6-8-12-10/h1,9,11H,5-8H2,2-3H3. The fraction of sp³-hybridized carbons (Fsp3) is 0.800. The lowest BCUT2D eigenvalue weighted by atomic mass is 9.93. The number of terminal acetylenes is 1. The van der Waals surface area contributed by atoms with E-state index in [1.807, 2.05) is 0 Å². The average molecular weight is 167 g/mol. The highest BCUT2D eigenvalue weighted by Crippen LogP contribution is 2.28. The molecule has 0 amide bonds. The maximum Gasteiger partial charge on any atom is 0.0978 e. The third-order valence-electron chi connectivity index (χ3n) is 2.43. The molecule has 2 heteroatoms. The number of nitrogens with one attached hydrogen (secondary N) is 1. The first kappa shape index (κ1) is 9.57. The van der Waals surface area contributed by atoms with Gasteiger partial charge in [0.05, 0.1) is 11.6 Å². The lowest BCUT2D eigenvalue weighted by Gasteiger charge is -2.29. The smallest absolute Gasteiger partial charge is 0.0978 e. The van der Waals surface area contributed by atoms with Crippen LogP contribution in [0.4, 0.5) is 0 Å². The van der Waals surface area contributed by atoms with Gasteiger partial charge < -0.3 is 10.1 Å². The summed E-state index contributed by atoms with van der Waals surface area (Å²) in [6, 6.07) is 0.0602. The predicted octanol–water partition coefficient (Wildman–Crippen LogP) is 1.17. The maximum atomic E-state index is 5.64. The van der Waals surface area contributed by atoms with Gasteiger partial charge in [0.15, 0.2) is 0 Å². The molecule has 1 N–H and O–H groups in total. The van der Waals surface area contributed by atoms with E-state index in [2.05, 4.69) is 25.1 Å². The number of ether oxygens (including phenoxy) is 1. The van der Waals surface area contributed by atoms with Crippen LogP contribution < -0.4 is 5.32 Å². The van der Waals surface area contributed by atoms with Crippen LogP contribution in [-0.2, 0) is 4.74 Å². The fourth-order valence-electron chi connectivity index (χ4n) is 1.68. The van der Waals surface area contributed by atoms with Gasteiger partial charge in [-0.1, -0.05) is 12.8 Å². The summed E-state index contributed by atoms with van der Waals surface area (Å²) in [5.74, 6) is 2.75. The summed E-state index contributed by atoms with van der Waals surface area (Å²) in [6.07, 6.45) is 7.62. The van der Waals surface area contributed by atoms with Crippen LogP contribution >= 0.6 is 0 Å². The summed E-state index contributed by atoms with van der Waals surface area (Å²) in [5, 5.41) is 3.25. The summed E-state index contributed by atoms with van der Waals surface area (Å²) in [6.45, 7) is 5.89. The molecule has 1 rings (SSSR count). The summed E-state index contributed by atoms with van der Waals surface area (Å²) in [5.41, 5.74) is -0.134. The first-order chi connectivity index (χ1) is 5.73. The van der Waals surface area contributed by atoms with Gasteiger partial charge in [-0.25, -0.2) is 0 Å². The van der Waals surface area contributed by atoms with Crippen molar-refractivity contribution in [3.63, 3.8) is 0 Å². The molecule has 2 atom stereocenters. The topological polar surface area (TPSA) is 21.3 Å². The molecule has 0 aliphatic carbocycles. The molecule has 0 aromatic rings. The van der Waals surface area contributed by atoms with Crippen molar-refractivity contribution in [1.82, 2.24) is 5.32 Å². The molecular formula is C10H17NO. The quantitative estimate of drug-likeness (QED) is 0.637. The molecule has 0 spiro atoms. The van der Waals surface area contributed by atoms with Crippen molar-refractivity contribution < 1.29 is 4.74 Å². The third kappa shape index (κ3) is 1.80. The SMILES string of the molecule is C#CC(NCC)C1(C)CCCO1. The molecule has 1 aliphatic rings. The Balaban J connectivity index is 2.58. The van der Waals surface area contributed by atoms with Crippen molar-refractivity contribution >= 4 is 0 Å². The van der Waals surface area contributed by atoms with Crippen LogP contribution in [0.5, 0.6) is 0 Å². The molecule has 1 saturated heterocycles. The van der Waals surface area contributed by atoms with E-state index >= 15 is 0 Å². The predicted molar refractivity (Wildman–Crippen MR) is 49.9 cm³/mol. The monoisotopic (exact) mass is 167 g/mol. The highest BCUT2D eigenvalue weighted by molar-refractivity contribution is 5.10. The Bertz CT molecular complexity index is 177. The number of likely N-dealkylation sites (N-methyl/N-ethyl adjacent to an activating group) is 1. The molecule has 0 aromatic carbocycles. The van der Waals surface area contributed by atoms with E-state index in [1.165, 1.54) is 0 Å². The lowest BCUT2D eigenvalue weighted by molar-refractivity contribution is 0.00408. The average Bonchev–Trinajstić information content (AvgIpc) is 2.49. The number of rotatable bonds is 3. The van der Waals surface area contributed by atoms with Crippen molar-refractivity contribution in [2.45, 2.75) is 38.3 Å². The zero-order chi connectivity index (χ0) is 9.03. The zero-order valence-corrected chi connectivity index (χ0v) is 7.89. The molecule has 0 saturated carbocycles. The Morgan fingerprint density at radius 3 is 2.92 bits per heavy atom. The van der Waals surface area contributed by atoms with Gasteiger partial charge in [-0.05, 0) is 26.3 Å². The minimum atomic E-state index is -0.134. The van der Waals surface area contributed by atoms with Gasteiger partial charge in [-0.2, -0.15) is 0 Å². The molecule has 12 heavy (non-hydrogen) atoms. The highest BCUT2D eigenvalue weighted by Gasteiger charge is 2.36. The van der Waals surface area contributed by atoms with Crippen LogP contribution in [0.3, 0.4) is 0 Å². The second-order valence-electron chi connectivity index (χ2n) is 3.42. The maximum absolute atomic E-state index is 5.64. The molecule has 0 aromatic heterocycles. The lowest BCUT2D eigenvalue weighted by Crippen LogP contribution is -2.47. The van der Waals surface area contributed by atoms with Gasteiger partial charge in [0.2, 0.25) is 0 Å². The van der Waals surface area contributed by atoms with E-state index in [1.54, 1.807) is 0 Å².